The molecule has 19 heavy (non-hydrogen) atoms. The van der Waals surface area contributed by atoms with E-state index in [2.05, 4.69) is 11.1 Å². The van der Waals surface area contributed by atoms with E-state index in [-0.39, 0.29) is 0 Å². The molecule has 4 nitrogen and oxygen atoms in total. The topological polar surface area (TPSA) is 49.1 Å². The van der Waals surface area contributed by atoms with E-state index < -0.39 is 0 Å². The zero-order chi connectivity index (χ0) is 14.0. The Hall–Kier alpha value is -2.28. The van der Waals surface area contributed by atoms with Crippen LogP contribution >= 0.6 is 0 Å². The van der Waals surface area contributed by atoms with Crippen molar-refractivity contribution in [3.05, 3.63) is 29.5 Å². The molecule has 2 rings (SSSR count). The van der Waals surface area contributed by atoms with Crippen LogP contribution < -0.4 is 9.64 Å². The summed E-state index contributed by atoms with van der Waals surface area (Å²) in [5.41, 5.74) is 3.85. The third-order valence-electron chi connectivity index (χ3n) is 3.17. The van der Waals surface area contributed by atoms with E-state index in [9.17, 15) is 0 Å². The van der Waals surface area contributed by atoms with Gasteiger partial charge in [-0.05, 0) is 25.1 Å². The number of rotatable bonds is 3. The van der Waals surface area contributed by atoms with Crippen molar-refractivity contribution in [2.75, 3.05) is 26.1 Å². The van der Waals surface area contributed by atoms with Gasteiger partial charge < -0.3 is 9.64 Å². The van der Waals surface area contributed by atoms with Crippen LogP contribution in [-0.4, -0.2) is 26.2 Å². The highest BCUT2D eigenvalue weighted by molar-refractivity contribution is 5.94. The number of aromatic nitrogens is 1. The molecule has 0 atom stereocenters. The lowest BCUT2D eigenvalue weighted by Crippen LogP contribution is -2.13. The van der Waals surface area contributed by atoms with Crippen LogP contribution in [0.1, 0.15) is 11.3 Å². The minimum absolute atomic E-state index is 0.361. The summed E-state index contributed by atoms with van der Waals surface area (Å²) in [4.78, 5) is 6.61. The number of aryl methyl sites for hydroxylation is 1. The number of fused-ring (bicyclic) bond motifs is 1. The normalized spacial score (nSPS) is 10.3. The highest BCUT2D eigenvalue weighted by Crippen LogP contribution is 2.33. The van der Waals surface area contributed by atoms with E-state index in [0.29, 0.717) is 6.42 Å². The van der Waals surface area contributed by atoms with E-state index in [1.165, 1.54) is 0 Å². The van der Waals surface area contributed by atoms with Crippen LogP contribution in [-0.2, 0) is 6.42 Å². The first-order chi connectivity index (χ1) is 9.08. The van der Waals surface area contributed by atoms with Gasteiger partial charge in [-0.1, -0.05) is 0 Å². The number of benzene rings is 1. The van der Waals surface area contributed by atoms with E-state index in [1.54, 1.807) is 7.11 Å². The molecular formula is C15H17N3O. The van der Waals surface area contributed by atoms with E-state index in [4.69, 9.17) is 10.00 Å². The van der Waals surface area contributed by atoms with E-state index >= 15 is 0 Å². The fourth-order valence-electron chi connectivity index (χ4n) is 2.31. The van der Waals surface area contributed by atoms with Gasteiger partial charge in [-0.2, -0.15) is 5.26 Å². The molecule has 1 heterocycles. The Morgan fingerprint density at radius 3 is 2.68 bits per heavy atom. The largest absolute Gasteiger partial charge is 0.497 e. The number of ether oxygens (including phenoxy) is 1. The highest BCUT2D eigenvalue weighted by Gasteiger charge is 2.14. The smallest absolute Gasteiger partial charge is 0.119 e. The summed E-state index contributed by atoms with van der Waals surface area (Å²) >= 11 is 0. The van der Waals surface area contributed by atoms with Gasteiger partial charge in [0, 0.05) is 30.7 Å². The molecule has 1 aromatic carbocycles. The molecule has 0 aliphatic heterocycles. The highest BCUT2D eigenvalue weighted by atomic mass is 16.5. The number of hydrogen-bond acceptors (Lipinski definition) is 4. The zero-order valence-electron chi connectivity index (χ0n) is 11.7. The Balaban J connectivity index is 2.84. The molecule has 2 aromatic rings. The van der Waals surface area contributed by atoms with Gasteiger partial charge in [-0.25, -0.2) is 0 Å². The third kappa shape index (κ3) is 2.32. The van der Waals surface area contributed by atoms with Crippen LogP contribution in [0.15, 0.2) is 18.2 Å². The van der Waals surface area contributed by atoms with Gasteiger partial charge in [-0.3, -0.25) is 4.98 Å². The molecule has 98 valence electrons. The maximum atomic E-state index is 9.00. The Bertz CT molecular complexity index is 656. The molecule has 0 radical (unpaired) electrons. The van der Waals surface area contributed by atoms with Crippen molar-refractivity contribution >= 4 is 16.6 Å². The lowest BCUT2D eigenvalue weighted by molar-refractivity contribution is 0.415. The molecular weight excluding hydrogens is 238 g/mol. The summed E-state index contributed by atoms with van der Waals surface area (Å²) < 4.78 is 5.28. The van der Waals surface area contributed by atoms with Gasteiger partial charge in [0.25, 0.3) is 0 Å². The SMILES string of the molecule is COc1ccc2nc(C)c(CC#N)c(N(C)C)c2c1. The fourth-order valence-corrected chi connectivity index (χ4v) is 2.31. The number of pyridine rings is 1. The average Bonchev–Trinajstić information content (AvgIpc) is 2.38. The van der Waals surface area contributed by atoms with Crippen LogP contribution in [0.25, 0.3) is 10.9 Å². The molecule has 0 aliphatic carbocycles. The minimum atomic E-state index is 0.361. The van der Waals surface area contributed by atoms with Crippen molar-refractivity contribution in [1.82, 2.24) is 4.98 Å². The summed E-state index contributed by atoms with van der Waals surface area (Å²) in [6.07, 6.45) is 0.361. The molecule has 0 unspecified atom stereocenters. The van der Waals surface area contributed by atoms with E-state index in [1.807, 2.05) is 44.1 Å². The fraction of sp³-hybridized carbons (Fsp3) is 0.333. The van der Waals surface area contributed by atoms with Gasteiger partial charge in [0.05, 0.1) is 30.8 Å². The second kappa shape index (κ2) is 5.15. The van der Waals surface area contributed by atoms with Gasteiger partial charge in [0.15, 0.2) is 0 Å². The Morgan fingerprint density at radius 1 is 1.37 bits per heavy atom. The number of nitrogens with zero attached hydrogens (tertiary/aromatic N) is 3. The summed E-state index contributed by atoms with van der Waals surface area (Å²) in [5, 5.41) is 10.0. The van der Waals surface area contributed by atoms with Gasteiger partial charge in [-0.15, -0.1) is 0 Å². The molecule has 4 heteroatoms. The Labute approximate surface area is 113 Å². The van der Waals surface area contributed by atoms with Gasteiger partial charge in [0.2, 0.25) is 0 Å². The molecule has 0 N–H and O–H groups in total. The molecule has 0 saturated heterocycles. The van der Waals surface area contributed by atoms with Crippen molar-refractivity contribution < 1.29 is 4.74 Å². The third-order valence-corrected chi connectivity index (χ3v) is 3.17. The molecule has 0 bridgehead atoms. The number of nitriles is 1. The van der Waals surface area contributed by atoms with E-state index in [0.717, 1.165) is 33.6 Å². The predicted molar refractivity (Wildman–Crippen MR) is 76.7 cm³/mol. The van der Waals surface area contributed by atoms with Gasteiger partial charge in [0.1, 0.15) is 5.75 Å². The van der Waals surface area contributed by atoms with Crippen LogP contribution in [0.2, 0.25) is 0 Å². The maximum Gasteiger partial charge on any atom is 0.119 e. The van der Waals surface area contributed by atoms with Crippen LogP contribution in [0, 0.1) is 18.3 Å². The lowest BCUT2D eigenvalue weighted by atomic mass is 10.0. The monoisotopic (exact) mass is 255 g/mol. The van der Waals surface area contributed by atoms with Crippen molar-refractivity contribution in [3.8, 4) is 11.8 Å². The summed E-state index contributed by atoms with van der Waals surface area (Å²) in [6, 6.07) is 8.04. The first kappa shape index (κ1) is 13.2. The van der Waals surface area contributed by atoms with Crippen LogP contribution in [0.3, 0.4) is 0 Å². The molecule has 0 fully saturated rings. The summed E-state index contributed by atoms with van der Waals surface area (Å²) in [6.45, 7) is 1.95. The summed E-state index contributed by atoms with van der Waals surface area (Å²) in [5.74, 6) is 0.796. The molecule has 0 saturated carbocycles. The molecule has 0 aliphatic rings. The minimum Gasteiger partial charge on any atom is -0.497 e. The van der Waals surface area contributed by atoms with Gasteiger partial charge >= 0.3 is 0 Å². The lowest BCUT2D eigenvalue weighted by Gasteiger charge is -2.20. The molecule has 0 spiro atoms. The maximum absolute atomic E-state index is 9.00. The predicted octanol–water partition coefficient (Wildman–Crippen LogP) is 2.68. The molecule has 1 aromatic heterocycles. The number of methoxy groups -OCH3 is 1. The second-order valence-corrected chi connectivity index (χ2v) is 4.64. The quantitative estimate of drug-likeness (QED) is 0.846. The average molecular weight is 255 g/mol. The first-order valence-corrected chi connectivity index (χ1v) is 6.10. The zero-order valence-corrected chi connectivity index (χ0v) is 11.7. The standard InChI is InChI=1S/C15H17N3O/c1-10-12(7-8-16)15(18(2)3)13-9-11(19-4)5-6-14(13)17-10/h5-6,9H,7H2,1-4H3. The Kier molecular flexibility index (Phi) is 3.57. The van der Waals surface area contributed by atoms with Crippen molar-refractivity contribution in [2.24, 2.45) is 0 Å². The number of hydrogen-bond donors (Lipinski definition) is 0. The summed E-state index contributed by atoms with van der Waals surface area (Å²) in [7, 11) is 5.61. The number of anilines is 1. The van der Waals surface area contributed by atoms with Crippen LogP contribution in [0.5, 0.6) is 5.75 Å². The van der Waals surface area contributed by atoms with Crippen molar-refractivity contribution in [2.45, 2.75) is 13.3 Å². The van der Waals surface area contributed by atoms with Crippen molar-refractivity contribution in [1.29, 1.82) is 5.26 Å². The van der Waals surface area contributed by atoms with Crippen molar-refractivity contribution in [3.63, 3.8) is 0 Å². The Morgan fingerprint density at radius 2 is 2.11 bits per heavy atom. The second-order valence-electron chi connectivity index (χ2n) is 4.64. The first-order valence-electron chi connectivity index (χ1n) is 6.10. The molecule has 0 amide bonds. The van der Waals surface area contributed by atoms with Crippen LogP contribution in [0.4, 0.5) is 5.69 Å².